The van der Waals surface area contributed by atoms with E-state index in [4.69, 9.17) is 5.11 Å². The third-order valence-electron chi connectivity index (χ3n) is 2.33. The first-order valence-electron chi connectivity index (χ1n) is 5.30. The lowest BCUT2D eigenvalue weighted by Gasteiger charge is -2.19. The van der Waals surface area contributed by atoms with Crippen molar-refractivity contribution >= 4 is 16.0 Å². The molecule has 0 aromatic carbocycles. The molecule has 0 fully saturated rings. The molecular weight excluding hydrogens is 230 g/mol. The van der Waals surface area contributed by atoms with E-state index in [1.54, 1.807) is 27.7 Å². The van der Waals surface area contributed by atoms with Crippen molar-refractivity contribution in [2.24, 2.45) is 5.92 Å². The summed E-state index contributed by atoms with van der Waals surface area (Å²) in [7, 11) is -3.31. The van der Waals surface area contributed by atoms with Gasteiger partial charge in [-0.1, -0.05) is 6.92 Å². The monoisotopic (exact) mass is 251 g/mol. The van der Waals surface area contributed by atoms with Crippen LogP contribution in [0.15, 0.2) is 0 Å². The third kappa shape index (κ3) is 4.94. The fourth-order valence-corrected chi connectivity index (χ4v) is 1.80. The highest BCUT2D eigenvalue weighted by atomic mass is 32.2. The number of aliphatic carboxylic acids is 1. The standard InChI is InChI=1S/C10H21NO4S/c1-8(9(12)13)6-5-7-11-16(14,15)10(2,3)4/h8,11H,5-7H2,1-4H3,(H,12,13). The Morgan fingerprint density at radius 1 is 1.38 bits per heavy atom. The molecule has 0 radical (unpaired) electrons. The second-order valence-corrected chi connectivity index (χ2v) is 7.41. The van der Waals surface area contributed by atoms with Crippen molar-refractivity contribution in [2.45, 2.75) is 45.3 Å². The summed E-state index contributed by atoms with van der Waals surface area (Å²) in [6.45, 7) is 6.76. The van der Waals surface area contributed by atoms with E-state index >= 15 is 0 Å². The van der Waals surface area contributed by atoms with E-state index in [1.807, 2.05) is 0 Å². The van der Waals surface area contributed by atoms with Crippen LogP contribution in [0.25, 0.3) is 0 Å². The Hall–Kier alpha value is -0.620. The summed E-state index contributed by atoms with van der Waals surface area (Å²) >= 11 is 0. The lowest BCUT2D eigenvalue weighted by molar-refractivity contribution is -0.141. The molecule has 0 heterocycles. The molecule has 0 rings (SSSR count). The van der Waals surface area contributed by atoms with Crippen LogP contribution in [0.5, 0.6) is 0 Å². The van der Waals surface area contributed by atoms with Crippen LogP contribution < -0.4 is 4.72 Å². The van der Waals surface area contributed by atoms with Crippen LogP contribution >= 0.6 is 0 Å². The van der Waals surface area contributed by atoms with Crippen LogP contribution in [0, 0.1) is 5.92 Å². The van der Waals surface area contributed by atoms with Crippen LogP contribution in [0.4, 0.5) is 0 Å². The molecule has 96 valence electrons. The quantitative estimate of drug-likeness (QED) is 0.695. The maximum absolute atomic E-state index is 11.6. The van der Waals surface area contributed by atoms with E-state index in [-0.39, 0.29) is 6.54 Å². The van der Waals surface area contributed by atoms with Gasteiger partial charge in [-0.05, 0) is 33.6 Å². The fourth-order valence-electron chi connectivity index (χ4n) is 0.955. The largest absolute Gasteiger partial charge is 0.481 e. The van der Waals surface area contributed by atoms with E-state index in [1.165, 1.54) is 0 Å². The van der Waals surface area contributed by atoms with Crippen molar-refractivity contribution in [1.29, 1.82) is 0 Å². The number of rotatable bonds is 6. The van der Waals surface area contributed by atoms with E-state index in [9.17, 15) is 13.2 Å². The predicted octanol–water partition coefficient (Wildman–Crippen LogP) is 1.21. The summed E-state index contributed by atoms with van der Waals surface area (Å²) in [5.41, 5.74) is 0. The number of carboxylic acid groups (broad SMARTS) is 1. The molecule has 2 N–H and O–H groups in total. The van der Waals surface area contributed by atoms with E-state index in [0.29, 0.717) is 12.8 Å². The molecule has 0 aliphatic carbocycles. The highest BCUT2D eigenvalue weighted by molar-refractivity contribution is 7.90. The highest BCUT2D eigenvalue weighted by Crippen LogP contribution is 2.13. The van der Waals surface area contributed by atoms with Crippen LogP contribution in [0.2, 0.25) is 0 Å². The van der Waals surface area contributed by atoms with Crippen molar-refractivity contribution in [2.75, 3.05) is 6.54 Å². The summed E-state index contributed by atoms with van der Waals surface area (Å²) in [5, 5.41) is 8.63. The Kier molecular flexibility index (Phi) is 5.41. The van der Waals surface area contributed by atoms with E-state index < -0.39 is 26.7 Å². The molecule has 1 atom stereocenters. The van der Waals surface area contributed by atoms with Gasteiger partial charge in [-0.3, -0.25) is 4.79 Å². The van der Waals surface area contributed by atoms with Gasteiger partial charge < -0.3 is 5.11 Å². The number of hydrogen-bond donors (Lipinski definition) is 2. The molecule has 5 nitrogen and oxygen atoms in total. The molecule has 0 aromatic rings. The van der Waals surface area contributed by atoms with Crippen LogP contribution in [-0.4, -0.2) is 30.8 Å². The van der Waals surface area contributed by atoms with Gasteiger partial charge in [-0.15, -0.1) is 0 Å². The number of carboxylic acids is 1. The van der Waals surface area contributed by atoms with Gasteiger partial charge in [0, 0.05) is 6.54 Å². The molecule has 0 saturated heterocycles. The average Bonchev–Trinajstić information content (AvgIpc) is 2.09. The molecule has 16 heavy (non-hydrogen) atoms. The van der Waals surface area contributed by atoms with E-state index in [0.717, 1.165) is 0 Å². The first-order chi connectivity index (χ1) is 7.08. The predicted molar refractivity (Wildman–Crippen MR) is 62.7 cm³/mol. The van der Waals surface area contributed by atoms with Gasteiger partial charge in [0.05, 0.1) is 10.7 Å². The van der Waals surface area contributed by atoms with E-state index in [2.05, 4.69) is 4.72 Å². The summed E-state index contributed by atoms with van der Waals surface area (Å²) in [6, 6.07) is 0. The van der Waals surface area contributed by atoms with Crippen LogP contribution in [0.3, 0.4) is 0 Å². The number of carbonyl (C=O) groups is 1. The molecule has 0 amide bonds. The van der Waals surface area contributed by atoms with Crippen molar-refractivity contribution in [3.05, 3.63) is 0 Å². The number of hydrogen-bond acceptors (Lipinski definition) is 3. The van der Waals surface area contributed by atoms with Crippen LogP contribution in [-0.2, 0) is 14.8 Å². The molecule has 0 aromatic heterocycles. The molecule has 0 spiro atoms. The molecule has 6 heteroatoms. The Labute approximate surface area is 97.3 Å². The summed E-state index contributed by atoms with van der Waals surface area (Å²) in [4.78, 5) is 10.5. The Bertz CT molecular complexity index is 329. The highest BCUT2D eigenvalue weighted by Gasteiger charge is 2.28. The lowest BCUT2D eigenvalue weighted by atomic mass is 10.1. The summed E-state index contributed by atoms with van der Waals surface area (Å²) < 4.78 is 24.9. The van der Waals surface area contributed by atoms with Gasteiger partial charge in [0.1, 0.15) is 0 Å². The average molecular weight is 251 g/mol. The molecular formula is C10H21NO4S. The molecule has 0 aliphatic heterocycles. The maximum Gasteiger partial charge on any atom is 0.306 e. The van der Waals surface area contributed by atoms with Crippen molar-refractivity contribution in [1.82, 2.24) is 4.72 Å². The van der Waals surface area contributed by atoms with Gasteiger partial charge in [-0.25, -0.2) is 13.1 Å². The Morgan fingerprint density at radius 3 is 2.25 bits per heavy atom. The zero-order valence-corrected chi connectivity index (χ0v) is 11.1. The molecule has 0 aliphatic rings. The van der Waals surface area contributed by atoms with Crippen molar-refractivity contribution < 1.29 is 18.3 Å². The maximum atomic E-state index is 11.6. The van der Waals surface area contributed by atoms with Crippen molar-refractivity contribution in [3.63, 3.8) is 0 Å². The van der Waals surface area contributed by atoms with Crippen LogP contribution in [0.1, 0.15) is 40.5 Å². The first kappa shape index (κ1) is 15.4. The normalized spacial score (nSPS) is 14.8. The smallest absolute Gasteiger partial charge is 0.306 e. The Balaban J connectivity index is 3.98. The molecule has 0 bridgehead atoms. The fraction of sp³-hybridized carbons (Fsp3) is 0.900. The van der Waals surface area contributed by atoms with Gasteiger partial charge in [0.2, 0.25) is 10.0 Å². The minimum absolute atomic E-state index is 0.289. The van der Waals surface area contributed by atoms with Gasteiger partial charge in [-0.2, -0.15) is 0 Å². The minimum atomic E-state index is -3.31. The summed E-state index contributed by atoms with van der Waals surface area (Å²) in [5.74, 6) is -1.28. The summed E-state index contributed by atoms with van der Waals surface area (Å²) in [6.07, 6.45) is 1.00. The third-order valence-corrected chi connectivity index (χ3v) is 4.53. The molecule has 0 saturated carbocycles. The van der Waals surface area contributed by atoms with Gasteiger partial charge in [0.25, 0.3) is 0 Å². The lowest BCUT2D eigenvalue weighted by Crippen LogP contribution is -2.39. The molecule has 1 unspecified atom stereocenters. The van der Waals surface area contributed by atoms with Crippen molar-refractivity contribution in [3.8, 4) is 0 Å². The SMILES string of the molecule is CC(CCCNS(=O)(=O)C(C)(C)C)C(=O)O. The van der Waals surface area contributed by atoms with Gasteiger partial charge >= 0.3 is 5.97 Å². The first-order valence-corrected chi connectivity index (χ1v) is 6.78. The topological polar surface area (TPSA) is 83.5 Å². The zero-order chi connectivity index (χ0) is 13.0. The van der Waals surface area contributed by atoms with Gasteiger partial charge in [0.15, 0.2) is 0 Å². The zero-order valence-electron chi connectivity index (χ0n) is 10.3. The number of sulfonamides is 1. The second-order valence-electron chi connectivity index (χ2n) is 4.89. The minimum Gasteiger partial charge on any atom is -0.481 e. The number of nitrogens with one attached hydrogen (secondary N) is 1. The second kappa shape index (κ2) is 5.63. The Morgan fingerprint density at radius 2 is 1.88 bits per heavy atom.